The minimum atomic E-state index is -0.0104. The van der Waals surface area contributed by atoms with E-state index in [2.05, 4.69) is 6.58 Å². The molecule has 0 aromatic carbocycles. The molecule has 0 fully saturated rings. The lowest BCUT2D eigenvalue weighted by molar-refractivity contribution is -0.123. The third-order valence-corrected chi connectivity index (χ3v) is 1.28. The van der Waals surface area contributed by atoms with Gasteiger partial charge in [-0.05, 0) is 12.5 Å². The molecule has 1 rings (SSSR count). The third-order valence-electron chi connectivity index (χ3n) is 1.28. The van der Waals surface area contributed by atoms with Crippen LogP contribution in [0.3, 0.4) is 0 Å². The van der Waals surface area contributed by atoms with E-state index in [1.807, 2.05) is 6.08 Å². The van der Waals surface area contributed by atoms with Gasteiger partial charge in [0.2, 0.25) is 5.91 Å². The van der Waals surface area contributed by atoms with Crippen LogP contribution >= 0.6 is 0 Å². The summed E-state index contributed by atoms with van der Waals surface area (Å²) in [5.74, 6) is -0.0104. The van der Waals surface area contributed by atoms with Crippen molar-refractivity contribution in [3.8, 4) is 0 Å². The molecule has 0 aromatic rings. The fraction of sp³-hybridized carbons (Fsp3) is 0.286. The van der Waals surface area contributed by atoms with E-state index >= 15 is 0 Å². The van der Waals surface area contributed by atoms with Crippen molar-refractivity contribution in [2.45, 2.75) is 6.42 Å². The predicted octanol–water partition coefficient (Wildman–Crippen LogP) is 0.918. The Morgan fingerprint density at radius 1 is 1.78 bits per heavy atom. The Hall–Kier alpha value is -1.05. The van der Waals surface area contributed by atoms with Gasteiger partial charge in [-0.15, -0.1) is 0 Å². The second-order valence-corrected chi connectivity index (χ2v) is 1.91. The Balaban J connectivity index is 2.52. The molecule has 0 radical (unpaired) electrons. The van der Waals surface area contributed by atoms with Crippen molar-refractivity contribution in [2.75, 3.05) is 6.54 Å². The van der Waals surface area contributed by atoms with E-state index in [9.17, 15) is 4.79 Å². The molecule has 0 N–H and O–H groups in total. The molecule has 0 saturated carbocycles. The van der Waals surface area contributed by atoms with Crippen LogP contribution in [0.1, 0.15) is 6.42 Å². The lowest BCUT2D eigenvalue weighted by Crippen LogP contribution is -2.20. The molecule has 0 aromatic heterocycles. The van der Waals surface area contributed by atoms with Crippen LogP contribution in [0.4, 0.5) is 0 Å². The fourth-order valence-electron chi connectivity index (χ4n) is 0.791. The van der Waals surface area contributed by atoms with Gasteiger partial charge in [0.1, 0.15) is 0 Å². The third kappa shape index (κ3) is 1.19. The number of hydrogen-bond acceptors (Lipinski definition) is 1. The van der Waals surface area contributed by atoms with Gasteiger partial charge >= 0.3 is 0 Å². The highest BCUT2D eigenvalue weighted by molar-refractivity contribution is 5.88. The van der Waals surface area contributed by atoms with Crippen molar-refractivity contribution in [3.05, 3.63) is 24.9 Å². The lowest BCUT2D eigenvalue weighted by Gasteiger charge is -2.08. The molecule has 48 valence electrons. The Bertz CT molecular complexity index is 160. The second-order valence-electron chi connectivity index (χ2n) is 1.91. The minimum absolute atomic E-state index is 0.0104. The van der Waals surface area contributed by atoms with Crippen LogP contribution in [-0.4, -0.2) is 17.4 Å². The van der Waals surface area contributed by atoms with E-state index in [0.717, 1.165) is 13.0 Å². The van der Waals surface area contributed by atoms with Crippen LogP contribution < -0.4 is 0 Å². The molecule has 0 spiro atoms. The van der Waals surface area contributed by atoms with E-state index in [1.54, 1.807) is 11.1 Å². The maximum absolute atomic E-state index is 10.8. The van der Waals surface area contributed by atoms with Crippen molar-refractivity contribution in [1.82, 2.24) is 4.90 Å². The van der Waals surface area contributed by atoms with E-state index in [1.165, 1.54) is 6.08 Å². The van der Waals surface area contributed by atoms with Crippen LogP contribution in [0.15, 0.2) is 24.9 Å². The van der Waals surface area contributed by atoms with Crippen molar-refractivity contribution in [3.63, 3.8) is 0 Å². The average molecular weight is 123 g/mol. The first kappa shape index (κ1) is 6.08. The number of amides is 1. The summed E-state index contributed by atoms with van der Waals surface area (Å²) in [4.78, 5) is 12.4. The van der Waals surface area contributed by atoms with Gasteiger partial charge in [0, 0.05) is 12.7 Å². The van der Waals surface area contributed by atoms with E-state index in [4.69, 9.17) is 0 Å². The number of carbonyl (C=O) groups is 1. The molecule has 0 atom stereocenters. The zero-order valence-corrected chi connectivity index (χ0v) is 5.21. The van der Waals surface area contributed by atoms with Crippen LogP contribution in [-0.2, 0) is 4.79 Å². The summed E-state index contributed by atoms with van der Waals surface area (Å²) in [6.45, 7) is 4.19. The van der Waals surface area contributed by atoms with E-state index in [0.29, 0.717) is 0 Å². The van der Waals surface area contributed by atoms with Gasteiger partial charge in [0.25, 0.3) is 0 Å². The Morgan fingerprint density at radius 2 is 2.56 bits per heavy atom. The summed E-state index contributed by atoms with van der Waals surface area (Å²) in [6, 6.07) is 0. The maximum atomic E-state index is 10.8. The first-order chi connectivity index (χ1) is 4.34. The lowest BCUT2D eigenvalue weighted by atomic mass is 10.4. The molecule has 1 aliphatic heterocycles. The SMILES string of the molecule is C=CC(=O)N1C=CCC1. The van der Waals surface area contributed by atoms with Gasteiger partial charge in [-0.2, -0.15) is 0 Å². The van der Waals surface area contributed by atoms with Gasteiger partial charge in [-0.25, -0.2) is 0 Å². The molecule has 1 aliphatic rings. The van der Waals surface area contributed by atoms with Crippen LogP contribution in [0.2, 0.25) is 0 Å². The summed E-state index contributed by atoms with van der Waals surface area (Å²) in [7, 11) is 0. The molecule has 0 aliphatic carbocycles. The van der Waals surface area contributed by atoms with Crippen molar-refractivity contribution in [1.29, 1.82) is 0 Å². The van der Waals surface area contributed by atoms with Gasteiger partial charge in [0.15, 0.2) is 0 Å². The first-order valence-electron chi connectivity index (χ1n) is 2.94. The van der Waals surface area contributed by atoms with E-state index < -0.39 is 0 Å². The molecule has 1 amide bonds. The molecule has 1 heterocycles. The molecule has 0 bridgehead atoms. The Labute approximate surface area is 54.5 Å². The monoisotopic (exact) mass is 123 g/mol. The summed E-state index contributed by atoms with van der Waals surface area (Å²) in [5.41, 5.74) is 0. The largest absolute Gasteiger partial charge is 0.316 e. The van der Waals surface area contributed by atoms with Gasteiger partial charge in [-0.3, -0.25) is 4.79 Å². The summed E-state index contributed by atoms with van der Waals surface area (Å²) >= 11 is 0. The quantitative estimate of drug-likeness (QED) is 0.475. The van der Waals surface area contributed by atoms with Crippen LogP contribution in [0, 0.1) is 0 Å². The average Bonchev–Trinajstić information content (AvgIpc) is 2.37. The number of hydrogen-bond donors (Lipinski definition) is 0. The predicted molar refractivity (Wildman–Crippen MR) is 35.7 cm³/mol. The summed E-state index contributed by atoms with van der Waals surface area (Å²) < 4.78 is 0. The molecule has 0 saturated heterocycles. The maximum Gasteiger partial charge on any atom is 0.249 e. The van der Waals surface area contributed by atoms with Crippen molar-refractivity contribution in [2.24, 2.45) is 0 Å². The molecular weight excluding hydrogens is 114 g/mol. The molecule has 2 heteroatoms. The standard InChI is InChI=1S/C7H9NO/c1-2-7(9)8-5-3-4-6-8/h2-3,5H,1,4,6H2. The molecular formula is C7H9NO. The zero-order valence-electron chi connectivity index (χ0n) is 5.21. The number of nitrogens with zero attached hydrogens (tertiary/aromatic N) is 1. The summed E-state index contributed by atoms with van der Waals surface area (Å²) in [6.07, 6.45) is 6.07. The molecule has 2 nitrogen and oxygen atoms in total. The topological polar surface area (TPSA) is 20.3 Å². The van der Waals surface area contributed by atoms with Crippen molar-refractivity contribution >= 4 is 5.91 Å². The van der Waals surface area contributed by atoms with E-state index in [-0.39, 0.29) is 5.91 Å². The fourth-order valence-corrected chi connectivity index (χ4v) is 0.791. The Morgan fingerprint density at radius 3 is 3.00 bits per heavy atom. The zero-order chi connectivity index (χ0) is 6.69. The summed E-state index contributed by atoms with van der Waals surface area (Å²) in [5, 5.41) is 0. The highest BCUT2D eigenvalue weighted by atomic mass is 16.2. The Kier molecular flexibility index (Phi) is 1.68. The number of carbonyl (C=O) groups excluding carboxylic acids is 1. The van der Waals surface area contributed by atoms with Gasteiger partial charge < -0.3 is 4.90 Å². The van der Waals surface area contributed by atoms with Crippen LogP contribution in [0.25, 0.3) is 0 Å². The number of rotatable bonds is 1. The van der Waals surface area contributed by atoms with Gasteiger partial charge in [0.05, 0.1) is 0 Å². The van der Waals surface area contributed by atoms with Crippen molar-refractivity contribution < 1.29 is 4.79 Å². The molecule has 0 unspecified atom stereocenters. The van der Waals surface area contributed by atoms with Gasteiger partial charge in [-0.1, -0.05) is 12.7 Å². The highest BCUT2D eigenvalue weighted by Gasteiger charge is 2.08. The molecule has 9 heavy (non-hydrogen) atoms. The van der Waals surface area contributed by atoms with Crippen LogP contribution in [0.5, 0.6) is 0 Å². The minimum Gasteiger partial charge on any atom is -0.316 e. The second kappa shape index (κ2) is 2.49. The smallest absolute Gasteiger partial charge is 0.249 e. The highest BCUT2D eigenvalue weighted by Crippen LogP contribution is 2.03. The first-order valence-corrected chi connectivity index (χ1v) is 2.94. The normalized spacial score (nSPS) is 16.2.